The van der Waals surface area contributed by atoms with E-state index in [-0.39, 0.29) is 22.4 Å². The summed E-state index contributed by atoms with van der Waals surface area (Å²) in [6.45, 7) is 0.705. The number of benzene rings is 1. The molecule has 2 aliphatic rings. The van der Waals surface area contributed by atoms with E-state index in [1.807, 2.05) is 0 Å². The predicted octanol–water partition coefficient (Wildman–Crippen LogP) is 0.799. The molecule has 3 rings (SSSR count). The summed E-state index contributed by atoms with van der Waals surface area (Å²) in [5.41, 5.74) is 5.29. The van der Waals surface area contributed by atoms with Crippen molar-refractivity contribution in [3.8, 4) is 0 Å². The first-order chi connectivity index (χ1) is 9.39. The van der Waals surface area contributed by atoms with Gasteiger partial charge in [0.25, 0.3) is 0 Å². The van der Waals surface area contributed by atoms with Gasteiger partial charge in [-0.25, -0.2) is 12.8 Å². The molecule has 0 amide bonds. The number of nitrogen functional groups attached to an aromatic ring is 1. The molecular weight excluding hydrogens is 283 g/mol. The first kappa shape index (κ1) is 13.8. The van der Waals surface area contributed by atoms with Gasteiger partial charge in [0.1, 0.15) is 5.82 Å². The van der Waals surface area contributed by atoms with Crippen LogP contribution < -0.4 is 5.73 Å². The average Bonchev–Trinajstić information content (AvgIpc) is 2.96. The minimum Gasteiger partial charge on any atom is -0.396 e. The average molecular weight is 300 g/mol. The Hall–Kier alpha value is -1.18. The summed E-state index contributed by atoms with van der Waals surface area (Å²) in [5.74, 6) is -0.521. The molecule has 1 aromatic carbocycles. The molecule has 0 spiro atoms. The molecule has 0 aromatic heterocycles. The highest BCUT2D eigenvalue weighted by Gasteiger charge is 2.45. The number of rotatable bonds is 2. The minimum absolute atomic E-state index is 0.00315. The maximum atomic E-state index is 13.4. The number of hydrogen-bond donors (Lipinski definition) is 2. The van der Waals surface area contributed by atoms with E-state index in [9.17, 15) is 17.9 Å². The van der Waals surface area contributed by atoms with Crippen LogP contribution in [-0.2, 0) is 10.0 Å². The summed E-state index contributed by atoms with van der Waals surface area (Å²) in [6, 6.07) is 3.53. The lowest BCUT2D eigenvalue weighted by molar-refractivity contribution is 0.129. The van der Waals surface area contributed by atoms with Crippen LogP contribution in [0.1, 0.15) is 12.8 Å². The lowest BCUT2D eigenvalue weighted by Crippen LogP contribution is -2.31. The van der Waals surface area contributed by atoms with Crippen molar-refractivity contribution in [2.24, 2.45) is 11.8 Å². The number of sulfonamides is 1. The number of halogens is 1. The van der Waals surface area contributed by atoms with Crippen molar-refractivity contribution in [3.63, 3.8) is 0 Å². The van der Waals surface area contributed by atoms with Gasteiger partial charge >= 0.3 is 0 Å². The Morgan fingerprint density at radius 1 is 1.30 bits per heavy atom. The lowest BCUT2D eigenvalue weighted by Gasteiger charge is -2.18. The van der Waals surface area contributed by atoms with Crippen molar-refractivity contribution >= 4 is 15.7 Å². The second-order valence-corrected chi connectivity index (χ2v) is 7.51. The Labute approximate surface area is 117 Å². The van der Waals surface area contributed by atoms with Crippen molar-refractivity contribution in [1.29, 1.82) is 0 Å². The monoisotopic (exact) mass is 300 g/mol. The molecule has 2 fully saturated rings. The van der Waals surface area contributed by atoms with E-state index in [1.165, 1.54) is 16.4 Å². The number of aliphatic hydroxyl groups excluding tert-OH is 1. The van der Waals surface area contributed by atoms with Crippen molar-refractivity contribution in [3.05, 3.63) is 24.0 Å². The van der Waals surface area contributed by atoms with E-state index in [4.69, 9.17) is 5.73 Å². The molecular formula is C13H17FN2O3S. The lowest BCUT2D eigenvalue weighted by atomic mass is 10.00. The maximum Gasteiger partial charge on any atom is 0.243 e. The third kappa shape index (κ3) is 2.10. The third-order valence-electron chi connectivity index (χ3n) is 4.40. The highest BCUT2D eigenvalue weighted by molar-refractivity contribution is 7.89. The number of nitrogens with zero attached hydrogens (tertiary/aromatic N) is 1. The molecule has 3 atom stereocenters. The molecule has 1 aromatic rings. The Morgan fingerprint density at radius 2 is 2.05 bits per heavy atom. The largest absolute Gasteiger partial charge is 0.396 e. The van der Waals surface area contributed by atoms with Gasteiger partial charge in [-0.1, -0.05) is 0 Å². The maximum absolute atomic E-state index is 13.4. The quantitative estimate of drug-likeness (QED) is 0.791. The predicted molar refractivity (Wildman–Crippen MR) is 71.8 cm³/mol. The summed E-state index contributed by atoms with van der Waals surface area (Å²) in [7, 11) is -3.72. The Balaban J connectivity index is 1.88. The molecule has 3 unspecified atom stereocenters. The van der Waals surface area contributed by atoms with E-state index in [0.29, 0.717) is 13.1 Å². The molecule has 7 heteroatoms. The zero-order chi connectivity index (χ0) is 14.5. The normalized spacial score (nSPS) is 30.6. The Morgan fingerprint density at radius 3 is 2.70 bits per heavy atom. The van der Waals surface area contributed by atoms with Crippen LogP contribution in [-0.4, -0.2) is 37.0 Å². The fourth-order valence-corrected chi connectivity index (χ4v) is 4.76. The van der Waals surface area contributed by atoms with E-state index < -0.39 is 21.9 Å². The summed E-state index contributed by atoms with van der Waals surface area (Å²) in [5, 5.41) is 9.84. The van der Waals surface area contributed by atoms with Gasteiger partial charge in [0.05, 0.1) is 16.7 Å². The van der Waals surface area contributed by atoms with Gasteiger partial charge in [-0.3, -0.25) is 0 Å². The van der Waals surface area contributed by atoms with E-state index in [2.05, 4.69) is 0 Å². The van der Waals surface area contributed by atoms with Crippen LogP contribution in [0.25, 0.3) is 0 Å². The van der Waals surface area contributed by atoms with Gasteiger partial charge < -0.3 is 10.8 Å². The zero-order valence-corrected chi connectivity index (χ0v) is 11.7. The summed E-state index contributed by atoms with van der Waals surface area (Å²) < 4.78 is 39.7. The standard InChI is InChI=1S/C13H17FN2O3S/c14-11-5-9(2-3-12(11)15)20(18,19)16-6-8-1-4-13(17)10(8)7-16/h2-3,5,8,10,13,17H,1,4,6-7,15H2. The molecule has 0 bridgehead atoms. The molecule has 5 nitrogen and oxygen atoms in total. The molecule has 20 heavy (non-hydrogen) atoms. The summed E-state index contributed by atoms with van der Waals surface area (Å²) >= 11 is 0. The molecule has 1 heterocycles. The molecule has 110 valence electrons. The third-order valence-corrected chi connectivity index (χ3v) is 6.22. The van der Waals surface area contributed by atoms with Crippen LogP contribution in [0.4, 0.5) is 10.1 Å². The highest BCUT2D eigenvalue weighted by atomic mass is 32.2. The van der Waals surface area contributed by atoms with Gasteiger partial charge in [0.15, 0.2) is 0 Å². The molecule has 1 aliphatic carbocycles. The highest BCUT2D eigenvalue weighted by Crippen LogP contribution is 2.40. The van der Waals surface area contributed by atoms with Gasteiger partial charge in [0.2, 0.25) is 10.0 Å². The molecule has 1 saturated carbocycles. The zero-order valence-electron chi connectivity index (χ0n) is 10.9. The number of nitrogens with two attached hydrogens (primary N) is 1. The van der Waals surface area contributed by atoms with Gasteiger partial charge in [-0.05, 0) is 37.0 Å². The molecule has 3 N–H and O–H groups in total. The van der Waals surface area contributed by atoms with Crippen LogP contribution in [0, 0.1) is 17.7 Å². The minimum atomic E-state index is -3.72. The topological polar surface area (TPSA) is 83.6 Å². The number of fused-ring (bicyclic) bond motifs is 1. The van der Waals surface area contributed by atoms with Gasteiger partial charge in [-0.2, -0.15) is 4.31 Å². The Bertz CT molecular complexity index is 635. The summed E-state index contributed by atoms with van der Waals surface area (Å²) in [6.07, 6.45) is 1.15. The van der Waals surface area contributed by atoms with Crippen molar-refractivity contribution < 1.29 is 17.9 Å². The van der Waals surface area contributed by atoms with Gasteiger partial charge in [0, 0.05) is 19.0 Å². The van der Waals surface area contributed by atoms with Crippen molar-refractivity contribution in [2.75, 3.05) is 18.8 Å². The smallest absolute Gasteiger partial charge is 0.243 e. The van der Waals surface area contributed by atoms with E-state index >= 15 is 0 Å². The fraction of sp³-hybridized carbons (Fsp3) is 0.538. The fourth-order valence-electron chi connectivity index (χ4n) is 3.21. The number of hydrogen-bond acceptors (Lipinski definition) is 4. The van der Waals surface area contributed by atoms with Crippen LogP contribution >= 0.6 is 0 Å². The van der Waals surface area contributed by atoms with Crippen LogP contribution in [0.3, 0.4) is 0 Å². The second-order valence-electron chi connectivity index (χ2n) is 5.57. The SMILES string of the molecule is Nc1ccc(S(=O)(=O)N2CC3CCC(O)C3C2)cc1F. The molecule has 1 aliphatic heterocycles. The molecule has 0 radical (unpaired) electrons. The first-order valence-electron chi connectivity index (χ1n) is 6.63. The van der Waals surface area contributed by atoms with Crippen molar-refractivity contribution in [1.82, 2.24) is 4.31 Å². The van der Waals surface area contributed by atoms with Crippen LogP contribution in [0.5, 0.6) is 0 Å². The number of anilines is 1. The molecule has 1 saturated heterocycles. The van der Waals surface area contributed by atoms with E-state index in [1.54, 1.807) is 0 Å². The van der Waals surface area contributed by atoms with E-state index in [0.717, 1.165) is 18.9 Å². The summed E-state index contributed by atoms with van der Waals surface area (Å²) in [4.78, 5) is -0.0846. The van der Waals surface area contributed by atoms with Gasteiger partial charge in [-0.15, -0.1) is 0 Å². The van der Waals surface area contributed by atoms with Crippen molar-refractivity contribution in [2.45, 2.75) is 23.8 Å². The number of aliphatic hydroxyl groups is 1. The first-order valence-corrected chi connectivity index (χ1v) is 8.07. The Kier molecular flexibility index (Phi) is 3.23. The van der Waals surface area contributed by atoms with Crippen LogP contribution in [0.2, 0.25) is 0 Å². The van der Waals surface area contributed by atoms with Crippen LogP contribution in [0.15, 0.2) is 23.1 Å². The second kappa shape index (κ2) is 4.68.